The quantitative estimate of drug-likeness (QED) is 0.917. The van der Waals surface area contributed by atoms with Crippen LogP contribution in [0, 0.1) is 0 Å². The van der Waals surface area contributed by atoms with Crippen LogP contribution in [0.25, 0.3) is 0 Å². The minimum absolute atomic E-state index is 0.173. The van der Waals surface area contributed by atoms with E-state index >= 15 is 0 Å². The first-order valence-corrected chi connectivity index (χ1v) is 8.54. The van der Waals surface area contributed by atoms with Crippen molar-refractivity contribution in [3.63, 3.8) is 0 Å². The van der Waals surface area contributed by atoms with Crippen LogP contribution >= 0.6 is 0 Å². The number of para-hydroxylation sites is 1. The smallest absolute Gasteiger partial charge is 0.227 e. The normalized spacial score (nSPS) is 21.3. The molecule has 5 heteroatoms. The Hall–Kier alpha value is -1.88. The van der Waals surface area contributed by atoms with Gasteiger partial charge in [0.05, 0.1) is 0 Å². The number of fused-ring (bicyclic) bond motifs is 1. The first-order valence-electron chi connectivity index (χ1n) is 8.54. The fraction of sp³-hybridized carbons (Fsp3) is 0.556. The Morgan fingerprint density at radius 2 is 2.13 bits per heavy atom. The number of amides is 2. The van der Waals surface area contributed by atoms with Gasteiger partial charge < -0.3 is 15.1 Å². The number of anilines is 1. The van der Waals surface area contributed by atoms with E-state index in [2.05, 4.69) is 18.3 Å². The third kappa shape index (κ3) is 3.72. The number of aryl methyl sites for hydroxylation is 1. The molecule has 2 amide bonds. The van der Waals surface area contributed by atoms with Gasteiger partial charge in [0.2, 0.25) is 11.8 Å². The monoisotopic (exact) mass is 315 g/mol. The van der Waals surface area contributed by atoms with E-state index in [9.17, 15) is 9.59 Å². The van der Waals surface area contributed by atoms with Crippen LogP contribution in [0.3, 0.4) is 0 Å². The van der Waals surface area contributed by atoms with Crippen molar-refractivity contribution in [1.82, 2.24) is 10.2 Å². The molecule has 1 aromatic carbocycles. The Labute approximate surface area is 137 Å². The highest BCUT2D eigenvalue weighted by Gasteiger charge is 2.24. The minimum Gasteiger partial charge on any atom is -0.340 e. The molecular weight excluding hydrogens is 290 g/mol. The number of benzene rings is 1. The maximum Gasteiger partial charge on any atom is 0.227 e. The highest BCUT2D eigenvalue weighted by atomic mass is 16.2. The van der Waals surface area contributed by atoms with Gasteiger partial charge in [0, 0.05) is 50.7 Å². The predicted molar refractivity (Wildman–Crippen MR) is 90.4 cm³/mol. The van der Waals surface area contributed by atoms with E-state index in [-0.39, 0.29) is 11.8 Å². The molecule has 1 atom stereocenters. The van der Waals surface area contributed by atoms with Crippen LogP contribution in [0.1, 0.15) is 31.7 Å². The zero-order valence-corrected chi connectivity index (χ0v) is 13.8. The molecule has 1 aromatic rings. The summed E-state index contributed by atoms with van der Waals surface area (Å²) in [5.41, 5.74) is 2.25. The summed E-state index contributed by atoms with van der Waals surface area (Å²) in [6.45, 7) is 5.16. The number of nitrogens with zero attached hydrogens (tertiary/aromatic N) is 2. The zero-order chi connectivity index (χ0) is 16.2. The maximum atomic E-state index is 12.3. The minimum atomic E-state index is 0.173. The van der Waals surface area contributed by atoms with Gasteiger partial charge in [-0.15, -0.1) is 0 Å². The van der Waals surface area contributed by atoms with Crippen molar-refractivity contribution in [2.45, 2.75) is 38.6 Å². The average molecular weight is 315 g/mol. The van der Waals surface area contributed by atoms with Crippen LogP contribution in [-0.4, -0.2) is 48.9 Å². The molecule has 2 heterocycles. The molecule has 2 aliphatic heterocycles. The fourth-order valence-electron chi connectivity index (χ4n) is 3.45. The molecule has 5 nitrogen and oxygen atoms in total. The Kier molecular flexibility index (Phi) is 4.96. The van der Waals surface area contributed by atoms with Gasteiger partial charge in [0.15, 0.2) is 0 Å². The summed E-state index contributed by atoms with van der Waals surface area (Å²) < 4.78 is 0. The second kappa shape index (κ2) is 7.13. The van der Waals surface area contributed by atoms with Crippen LogP contribution in [0.5, 0.6) is 0 Å². The molecule has 2 aliphatic rings. The van der Waals surface area contributed by atoms with E-state index in [0.717, 1.165) is 38.2 Å². The van der Waals surface area contributed by atoms with Crippen LogP contribution in [0.2, 0.25) is 0 Å². The molecule has 1 saturated heterocycles. The van der Waals surface area contributed by atoms with Gasteiger partial charge in [-0.05, 0) is 31.4 Å². The lowest BCUT2D eigenvalue weighted by molar-refractivity contribution is -0.132. The summed E-state index contributed by atoms with van der Waals surface area (Å²) >= 11 is 0. The maximum absolute atomic E-state index is 12.3. The van der Waals surface area contributed by atoms with Gasteiger partial charge in [-0.25, -0.2) is 0 Å². The van der Waals surface area contributed by atoms with Gasteiger partial charge in [-0.2, -0.15) is 0 Å². The van der Waals surface area contributed by atoms with E-state index in [4.69, 9.17) is 0 Å². The SMILES string of the molecule is C[C@@H]1CN(C(=O)CCCN2C(=O)CCc3ccccc32)CCN1. The largest absolute Gasteiger partial charge is 0.340 e. The average Bonchev–Trinajstić information content (AvgIpc) is 2.56. The summed E-state index contributed by atoms with van der Waals surface area (Å²) in [5, 5.41) is 3.34. The van der Waals surface area contributed by atoms with Gasteiger partial charge in [-0.3, -0.25) is 9.59 Å². The predicted octanol–water partition coefficient (Wildman–Crippen LogP) is 1.57. The molecule has 0 saturated carbocycles. The zero-order valence-electron chi connectivity index (χ0n) is 13.8. The lowest BCUT2D eigenvalue weighted by atomic mass is 10.0. The van der Waals surface area contributed by atoms with Crippen molar-refractivity contribution < 1.29 is 9.59 Å². The molecule has 0 spiro atoms. The van der Waals surface area contributed by atoms with Crippen LogP contribution in [0.4, 0.5) is 5.69 Å². The van der Waals surface area contributed by atoms with Crippen LogP contribution in [0.15, 0.2) is 24.3 Å². The van der Waals surface area contributed by atoms with Gasteiger partial charge in [0.1, 0.15) is 0 Å². The molecular formula is C18H25N3O2. The van der Waals surface area contributed by atoms with E-state index in [1.807, 2.05) is 28.0 Å². The first-order chi connectivity index (χ1) is 11.1. The molecule has 23 heavy (non-hydrogen) atoms. The van der Waals surface area contributed by atoms with Crippen molar-refractivity contribution in [1.29, 1.82) is 0 Å². The van der Waals surface area contributed by atoms with Crippen molar-refractivity contribution in [2.24, 2.45) is 0 Å². The standard InChI is InChI=1S/C18H25N3O2/c1-14-13-20(12-10-19-14)17(22)7-4-11-21-16-6-3-2-5-15(16)8-9-18(21)23/h2-3,5-6,14,19H,4,7-13H2,1H3/t14-/m1/s1. The first kappa shape index (κ1) is 16.0. The Morgan fingerprint density at radius 3 is 2.96 bits per heavy atom. The van der Waals surface area contributed by atoms with E-state index in [0.29, 0.717) is 25.4 Å². The molecule has 0 radical (unpaired) electrons. The lowest BCUT2D eigenvalue weighted by Gasteiger charge is -2.32. The number of piperazine rings is 1. The molecule has 0 unspecified atom stereocenters. The lowest BCUT2D eigenvalue weighted by Crippen LogP contribution is -2.51. The van der Waals surface area contributed by atoms with Crippen LogP contribution in [-0.2, 0) is 16.0 Å². The molecule has 0 aliphatic carbocycles. The number of hydrogen-bond donors (Lipinski definition) is 1. The Balaban J connectivity index is 1.54. The molecule has 3 rings (SSSR count). The molecule has 0 aromatic heterocycles. The van der Waals surface area contributed by atoms with Crippen molar-refractivity contribution in [2.75, 3.05) is 31.1 Å². The molecule has 1 fully saturated rings. The summed E-state index contributed by atoms with van der Waals surface area (Å²) in [6.07, 6.45) is 2.62. The fourth-order valence-corrected chi connectivity index (χ4v) is 3.45. The van der Waals surface area contributed by atoms with E-state index in [1.165, 1.54) is 5.56 Å². The summed E-state index contributed by atoms with van der Waals surface area (Å²) in [6, 6.07) is 8.44. The molecule has 124 valence electrons. The topological polar surface area (TPSA) is 52.7 Å². The number of nitrogens with one attached hydrogen (secondary N) is 1. The second-order valence-corrected chi connectivity index (χ2v) is 6.47. The summed E-state index contributed by atoms with van der Waals surface area (Å²) in [4.78, 5) is 28.3. The number of carbonyl (C=O) groups is 2. The van der Waals surface area contributed by atoms with Crippen molar-refractivity contribution in [3.8, 4) is 0 Å². The molecule has 0 bridgehead atoms. The number of rotatable bonds is 4. The van der Waals surface area contributed by atoms with Crippen molar-refractivity contribution >= 4 is 17.5 Å². The van der Waals surface area contributed by atoms with Gasteiger partial charge >= 0.3 is 0 Å². The van der Waals surface area contributed by atoms with Gasteiger partial charge in [0.25, 0.3) is 0 Å². The number of carbonyl (C=O) groups excluding carboxylic acids is 2. The molecule has 1 N–H and O–H groups in total. The third-order valence-corrected chi connectivity index (χ3v) is 4.69. The highest BCUT2D eigenvalue weighted by molar-refractivity contribution is 5.96. The van der Waals surface area contributed by atoms with E-state index in [1.54, 1.807) is 0 Å². The Morgan fingerprint density at radius 1 is 1.30 bits per heavy atom. The van der Waals surface area contributed by atoms with Gasteiger partial charge in [-0.1, -0.05) is 18.2 Å². The highest BCUT2D eigenvalue weighted by Crippen LogP contribution is 2.27. The summed E-state index contributed by atoms with van der Waals surface area (Å²) in [7, 11) is 0. The second-order valence-electron chi connectivity index (χ2n) is 6.47. The van der Waals surface area contributed by atoms with E-state index < -0.39 is 0 Å². The van der Waals surface area contributed by atoms with Crippen LogP contribution < -0.4 is 10.2 Å². The summed E-state index contributed by atoms with van der Waals surface area (Å²) in [5.74, 6) is 0.378. The third-order valence-electron chi connectivity index (χ3n) is 4.69. The van der Waals surface area contributed by atoms with Crippen molar-refractivity contribution in [3.05, 3.63) is 29.8 Å². The Bertz CT molecular complexity index is 587. The number of hydrogen-bond acceptors (Lipinski definition) is 3.